The predicted molar refractivity (Wildman–Crippen MR) is 90.3 cm³/mol. The van der Waals surface area contributed by atoms with Gasteiger partial charge in [0.15, 0.2) is 0 Å². The largest absolute Gasteiger partial charge is 0.464 e. The van der Waals surface area contributed by atoms with Gasteiger partial charge >= 0.3 is 5.97 Å². The molecule has 3 rings (SSSR count). The van der Waals surface area contributed by atoms with Gasteiger partial charge in [-0.05, 0) is 31.0 Å². The van der Waals surface area contributed by atoms with E-state index >= 15 is 0 Å². The zero-order valence-corrected chi connectivity index (χ0v) is 13.6. The quantitative estimate of drug-likeness (QED) is 0.676. The molecule has 0 amide bonds. The zero-order valence-electron chi connectivity index (χ0n) is 13.6. The maximum absolute atomic E-state index is 12.1. The van der Waals surface area contributed by atoms with E-state index in [1.54, 1.807) is 24.5 Å². The van der Waals surface area contributed by atoms with Gasteiger partial charge in [0.25, 0.3) is 0 Å². The summed E-state index contributed by atoms with van der Waals surface area (Å²) in [7, 11) is 0. The first kappa shape index (κ1) is 15.8. The second kappa shape index (κ2) is 6.59. The average Bonchev–Trinajstić information content (AvgIpc) is 3.00. The van der Waals surface area contributed by atoms with Crippen LogP contribution in [0.4, 0.5) is 0 Å². The molecule has 0 radical (unpaired) electrons. The van der Waals surface area contributed by atoms with Crippen LogP contribution in [0.25, 0.3) is 11.0 Å². The van der Waals surface area contributed by atoms with Crippen molar-refractivity contribution in [3.8, 4) is 6.07 Å². The number of hydrogen-bond acceptors (Lipinski definition) is 4. The molecule has 1 aromatic heterocycles. The summed E-state index contributed by atoms with van der Waals surface area (Å²) in [4.78, 5) is 12.1. The molecule has 0 unspecified atom stereocenters. The van der Waals surface area contributed by atoms with E-state index < -0.39 is 0 Å². The van der Waals surface area contributed by atoms with Gasteiger partial charge < -0.3 is 9.15 Å². The topological polar surface area (TPSA) is 63.2 Å². The molecular formula is C20H17NO3. The van der Waals surface area contributed by atoms with Crippen LogP contribution in [-0.4, -0.2) is 5.97 Å². The number of benzene rings is 2. The van der Waals surface area contributed by atoms with Gasteiger partial charge in [-0.3, -0.25) is 4.79 Å². The Balaban J connectivity index is 1.72. The van der Waals surface area contributed by atoms with Gasteiger partial charge in [-0.2, -0.15) is 5.26 Å². The molecule has 0 aliphatic heterocycles. The van der Waals surface area contributed by atoms with E-state index in [2.05, 4.69) is 6.07 Å². The molecule has 0 saturated heterocycles. The molecule has 0 fully saturated rings. The van der Waals surface area contributed by atoms with E-state index in [0.717, 1.165) is 27.7 Å². The van der Waals surface area contributed by atoms with Crippen LogP contribution in [-0.2, 0) is 22.6 Å². The first-order valence-electron chi connectivity index (χ1n) is 7.70. The molecule has 4 heteroatoms. The van der Waals surface area contributed by atoms with Crippen LogP contribution in [0, 0.1) is 25.2 Å². The van der Waals surface area contributed by atoms with Crippen LogP contribution in [0.1, 0.15) is 27.8 Å². The third kappa shape index (κ3) is 3.02. The van der Waals surface area contributed by atoms with E-state index in [-0.39, 0.29) is 19.0 Å². The summed E-state index contributed by atoms with van der Waals surface area (Å²) in [6, 6.07) is 13.2. The van der Waals surface area contributed by atoms with Crippen molar-refractivity contribution in [2.24, 2.45) is 0 Å². The predicted octanol–water partition coefficient (Wildman–Crippen LogP) is 4.21. The lowest BCUT2D eigenvalue weighted by molar-refractivity contribution is -0.144. The monoisotopic (exact) mass is 319 g/mol. The van der Waals surface area contributed by atoms with E-state index in [1.165, 1.54) is 0 Å². The van der Waals surface area contributed by atoms with Crippen molar-refractivity contribution in [2.45, 2.75) is 26.9 Å². The summed E-state index contributed by atoms with van der Waals surface area (Å²) in [6.45, 7) is 4.12. The number of aryl methyl sites for hydroxylation is 2. The number of carbonyl (C=O) groups is 1. The van der Waals surface area contributed by atoms with E-state index in [1.807, 2.05) is 32.0 Å². The van der Waals surface area contributed by atoms with Gasteiger partial charge in [0.05, 0.1) is 24.3 Å². The van der Waals surface area contributed by atoms with Crippen LogP contribution in [0.3, 0.4) is 0 Å². The lowest BCUT2D eigenvalue weighted by atomic mass is 10.0. The molecule has 1 heterocycles. The fraction of sp³-hybridized carbons (Fsp3) is 0.200. The minimum Gasteiger partial charge on any atom is -0.464 e. The van der Waals surface area contributed by atoms with E-state index in [9.17, 15) is 4.79 Å². The molecule has 3 aromatic rings. The van der Waals surface area contributed by atoms with Crippen molar-refractivity contribution in [3.05, 3.63) is 70.5 Å². The summed E-state index contributed by atoms with van der Waals surface area (Å²) < 4.78 is 10.9. The molecule has 0 aliphatic rings. The minimum atomic E-state index is -0.344. The molecular weight excluding hydrogens is 302 g/mol. The second-order valence-corrected chi connectivity index (χ2v) is 5.75. The van der Waals surface area contributed by atoms with E-state index in [0.29, 0.717) is 11.1 Å². The Morgan fingerprint density at radius 3 is 2.75 bits per heavy atom. The van der Waals surface area contributed by atoms with Crippen molar-refractivity contribution in [1.29, 1.82) is 5.26 Å². The van der Waals surface area contributed by atoms with Gasteiger partial charge in [0.1, 0.15) is 12.2 Å². The number of nitriles is 1. The highest BCUT2D eigenvalue weighted by molar-refractivity contribution is 5.88. The Morgan fingerprint density at radius 1 is 1.17 bits per heavy atom. The third-order valence-electron chi connectivity index (χ3n) is 4.20. The number of esters is 1. The van der Waals surface area contributed by atoms with Crippen molar-refractivity contribution in [2.75, 3.05) is 0 Å². The molecule has 0 spiro atoms. The van der Waals surface area contributed by atoms with Crippen molar-refractivity contribution >= 4 is 16.9 Å². The number of fused-ring (bicyclic) bond motifs is 1. The summed E-state index contributed by atoms with van der Waals surface area (Å²) in [5.74, 6) is -0.344. The second-order valence-electron chi connectivity index (χ2n) is 5.75. The molecule has 0 saturated carbocycles. The standard InChI is InChI=1S/C20H17NO3/c1-13-7-8-18-17(12-24-20(18)14(13)2)9-19(22)23-11-16-6-4-3-5-15(16)10-21/h3-8,12H,9,11H2,1-2H3. The number of ether oxygens (including phenoxy) is 1. The number of nitrogens with zero attached hydrogens (tertiary/aromatic N) is 1. The maximum atomic E-state index is 12.1. The molecule has 0 N–H and O–H groups in total. The zero-order chi connectivity index (χ0) is 17.1. The fourth-order valence-corrected chi connectivity index (χ4v) is 2.65. The maximum Gasteiger partial charge on any atom is 0.310 e. The minimum absolute atomic E-state index is 0.0937. The summed E-state index contributed by atoms with van der Waals surface area (Å²) in [5.41, 5.74) is 5.08. The molecule has 2 aromatic carbocycles. The van der Waals surface area contributed by atoms with Crippen molar-refractivity contribution in [3.63, 3.8) is 0 Å². The SMILES string of the molecule is Cc1ccc2c(CC(=O)OCc3ccccc3C#N)coc2c1C. The summed E-state index contributed by atoms with van der Waals surface area (Å²) in [5, 5.41) is 9.99. The first-order valence-corrected chi connectivity index (χ1v) is 7.70. The highest BCUT2D eigenvalue weighted by Crippen LogP contribution is 2.27. The fourth-order valence-electron chi connectivity index (χ4n) is 2.65. The Hall–Kier alpha value is -3.06. The van der Waals surface area contributed by atoms with Gasteiger partial charge in [0.2, 0.25) is 0 Å². The highest BCUT2D eigenvalue weighted by atomic mass is 16.5. The Bertz CT molecular complexity index is 947. The van der Waals surface area contributed by atoms with Crippen LogP contribution in [0.5, 0.6) is 0 Å². The first-order chi connectivity index (χ1) is 11.6. The van der Waals surface area contributed by atoms with Gasteiger partial charge in [-0.1, -0.05) is 30.3 Å². The van der Waals surface area contributed by atoms with Crippen LogP contribution >= 0.6 is 0 Å². The van der Waals surface area contributed by atoms with Crippen molar-refractivity contribution in [1.82, 2.24) is 0 Å². The Morgan fingerprint density at radius 2 is 1.96 bits per heavy atom. The third-order valence-corrected chi connectivity index (χ3v) is 4.20. The number of hydrogen-bond donors (Lipinski definition) is 0. The number of carbonyl (C=O) groups excluding carboxylic acids is 1. The number of furan rings is 1. The lowest BCUT2D eigenvalue weighted by Crippen LogP contribution is -2.08. The molecule has 0 bridgehead atoms. The molecule has 4 nitrogen and oxygen atoms in total. The normalized spacial score (nSPS) is 10.5. The molecule has 24 heavy (non-hydrogen) atoms. The van der Waals surface area contributed by atoms with Gasteiger partial charge in [-0.25, -0.2) is 0 Å². The molecule has 120 valence electrons. The smallest absolute Gasteiger partial charge is 0.310 e. The summed E-state index contributed by atoms with van der Waals surface area (Å²) >= 11 is 0. The van der Waals surface area contributed by atoms with Crippen molar-refractivity contribution < 1.29 is 13.9 Å². The average molecular weight is 319 g/mol. The molecule has 0 atom stereocenters. The summed E-state index contributed by atoms with van der Waals surface area (Å²) in [6.07, 6.45) is 1.76. The Kier molecular flexibility index (Phi) is 4.35. The van der Waals surface area contributed by atoms with Gasteiger partial charge in [-0.15, -0.1) is 0 Å². The van der Waals surface area contributed by atoms with Crippen LogP contribution in [0.2, 0.25) is 0 Å². The number of rotatable bonds is 4. The van der Waals surface area contributed by atoms with Crippen LogP contribution in [0.15, 0.2) is 47.1 Å². The molecule has 0 aliphatic carbocycles. The van der Waals surface area contributed by atoms with Gasteiger partial charge in [0, 0.05) is 16.5 Å². The highest BCUT2D eigenvalue weighted by Gasteiger charge is 2.14. The lowest BCUT2D eigenvalue weighted by Gasteiger charge is -2.06. The van der Waals surface area contributed by atoms with E-state index in [4.69, 9.17) is 14.4 Å². The van der Waals surface area contributed by atoms with Crippen LogP contribution < -0.4 is 0 Å². The Labute approximate surface area is 140 Å².